The Morgan fingerprint density at radius 1 is 1.13 bits per heavy atom. The zero-order chi connectivity index (χ0) is 21.5. The van der Waals surface area contributed by atoms with Gasteiger partial charge < -0.3 is 29.4 Å². The molecule has 1 aromatic carbocycles. The standard InChI is InChI=1S/C22H27N3O5/c1-25-10-8-16(9-11-25)23-22(27)18(14-17-5-4-12-30-17)24-21(26)15-6-7-19(28-2)20(13-15)29-3/h4-7,12-14,16H,8-11H2,1-3H3,(H,23,27)(H,24,26)/b18-14-. The van der Waals surface area contributed by atoms with Crippen molar-refractivity contribution in [1.29, 1.82) is 0 Å². The second kappa shape index (κ2) is 9.98. The molecule has 2 heterocycles. The molecule has 0 radical (unpaired) electrons. The molecular weight excluding hydrogens is 386 g/mol. The van der Waals surface area contributed by atoms with Gasteiger partial charge in [-0.25, -0.2) is 0 Å². The van der Waals surface area contributed by atoms with Crippen molar-refractivity contribution in [3.05, 3.63) is 53.6 Å². The highest BCUT2D eigenvalue weighted by Crippen LogP contribution is 2.27. The van der Waals surface area contributed by atoms with Crippen LogP contribution in [-0.2, 0) is 4.79 Å². The molecule has 0 atom stereocenters. The van der Waals surface area contributed by atoms with Crippen LogP contribution in [0, 0.1) is 0 Å². The highest BCUT2D eigenvalue weighted by atomic mass is 16.5. The van der Waals surface area contributed by atoms with Crippen molar-refractivity contribution in [3.63, 3.8) is 0 Å². The SMILES string of the molecule is COc1ccc(C(=O)N/C(=C\c2ccco2)C(=O)NC2CCN(C)CC2)cc1OC. The Morgan fingerprint density at radius 2 is 1.87 bits per heavy atom. The number of hydrogen-bond acceptors (Lipinski definition) is 6. The Kier molecular flexibility index (Phi) is 7.13. The molecule has 8 heteroatoms. The van der Waals surface area contributed by atoms with E-state index in [0.29, 0.717) is 22.8 Å². The molecule has 2 aromatic rings. The quantitative estimate of drug-likeness (QED) is 0.677. The summed E-state index contributed by atoms with van der Waals surface area (Å²) in [5.74, 6) is 0.621. The highest BCUT2D eigenvalue weighted by Gasteiger charge is 2.22. The summed E-state index contributed by atoms with van der Waals surface area (Å²) in [5, 5.41) is 5.72. The monoisotopic (exact) mass is 413 g/mol. The van der Waals surface area contributed by atoms with Crippen LogP contribution < -0.4 is 20.1 Å². The number of methoxy groups -OCH3 is 2. The van der Waals surface area contributed by atoms with Crippen LogP contribution in [0.5, 0.6) is 11.5 Å². The van der Waals surface area contributed by atoms with Crippen molar-refractivity contribution in [2.75, 3.05) is 34.4 Å². The summed E-state index contributed by atoms with van der Waals surface area (Å²) in [4.78, 5) is 28.0. The lowest BCUT2D eigenvalue weighted by molar-refractivity contribution is -0.118. The summed E-state index contributed by atoms with van der Waals surface area (Å²) < 4.78 is 15.8. The van der Waals surface area contributed by atoms with Crippen LogP contribution in [0.2, 0.25) is 0 Å². The average molecular weight is 413 g/mol. The molecule has 1 fully saturated rings. The second-order valence-corrected chi connectivity index (χ2v) is 7.15. The number of hydrogen-bond donors (Lipinski definition) is 2. The van der Waals surface area contributed by atoms with Crippen LogP contribution in [-0.4, -0.2) is 57.1 Å². The number of nitrogens with zero attached hydrogens (tertiary/aromatic N) is 1. The second-order valence-electron chi connectivity index (χ2n) is 7.15. The van der Waals surface area contributed by atoms with Gasteiger partial charge in [0.15, 0.2) is 11.5 Å². The maximum atomic E-state index is 12.9. The third kappa shape index (κ3) is 5.42. The zero-order valence-electron chi connectivity index (χ0n) is 17.4. The van der Waals surface area contributed by atoms with Crippen molar-refractivity contribution >= 4 is 17.9 Å². The number of nitrogens with one attached hydrogen (secondary N) is 2. The average Bonchev–Trinajstić information content (AvgIpc) is 3.27. The lowest BCUT2D eigenvalue weighted by Gasteiger charge is -2.29. The molecule has 1 aromatic heterocycles. The fraction of sp³-hybridized carbons (Fsp3) is 0.364. The number of piperidine rings is 1. The van der Waals surface area contributed by atoms with Crippen LogP contribution >= 0.6 is 0 Å². The first-order valence-corrected chi connectivity index (χ1v) is 9.78. The zero-order valence-corrected chi connectivity index (χ0v) is 17.4. The number of likely N-dealkylation sites (tertiary alicyclic amines) is 1. The van der Waals surface area contributed by atoms with E-state index >= 15 is 0 Å². The van der Waals surface area contributed by atoms with E-state index in [9.17, 15) is 9.59 Å². The number of furan rings is 1. The first-order valence-electron chi connectivity index (χ1n) is 9.78. The maximum Gasteiger partial charge on any atom is 0.268 e. The molecule has 3 rings (SSSR count). The lowest BCUT2D eigenvalue weighted by atomic mass is 10.1. The van der Waals surface area contributed by atoms with E-state index < -0.39 is 5.91 Å². The van der Waals surface area contributed by atoms with Crippen molar-refractivity contribution in [3.8, 4) is 11.5 Å². The van der Waals surface area contributed by atoms with E-state index in [-0.39, 0.29) is 17.6 Å². The van der Waals surface area contributed by atoms with E-state index in [1.807, 2.05) is 0 Å². The van der Waals surface area contributed by atoms with E-state index in [2.05, 4.69) is 22.6 Å². The Bertz CT molecular complexity index is 900. The fourth-order valence-corrected chi connectivity index (χ4v) is 3.26. The molecule has 160 valence electrons. The summed E-state index contributed by atoms with van der Waals surface area (Å²) in [6.45, 7) is 1.83. The van der Waals surface area contributed by atoms with Gasteiger partial charge in [-0.05, 0) is 63.3 Å². The Hall–Kier alpha value is -3.26. The summed E-state index contributed by atoms with van der Waals surface area (Å²) >= 11 is 0. The third-order valence-electron chi connectivity index (χ3n) is 5.02. The minimum absolute atomic E-state index is 0.0617. The number of ether oxygens (including phenoxy) is 2. The van der Waals surface area contributed by atoms with Gasteiger partial charge in [-0.2, -0.15) is 0 Å². The molecule has 0 aliphatic carbocycles. The molecule has 0 unspecified atom stereocenters. The van der Waals surface area contributed by atoms with Crippen molar-refractivity contribution in [1.82, 2.24) is 15.5 Å². The molecule has 0 saturated carbocycles. The van der Waals surface area contributed by atoms with Crippen molar-refractivity contribution in [2.24, 2.45) is 0 Å². The first kappa shape index (κ1) is 21.4. The minimum atomic E-state index is -0.438. The first-order chi connectivity index (χ1) is 14.5. The number of carbonyl (C=O) groups is 2. The molecule has 2 N–H and O–H groups in total. The largest absolute Gasteiger partial charge is 0.493 e. The molecule has 0 bridgehead atoms. The van der Waals surface area contributed by atoms with Crippen LogP contribution in [0.4, 0.5) is 0 Å². The minimum Gasteiger partial charge on any atom is -0.493 e. The number of rotatable bonds is 7. The van der Waals surface area contributed by atoms with E-state index in [4.69, 9.17) is 13.9 Å². The Balaban J connectivity index is 1.77. The van der Waals surface area contributed by atoms with Gasteiger partial charge in [-0.15, -0.1) is 0 Å². The molecule has 1 saturated heterocycles. The van der Waals surface area contributed by atoms with Crippen LogP contribution in [0.25, 0.3) is 6.08 Å². The van der Waals surface area contributed by atoms with E-state index in [0.717, 1.165) is 25.9 Å². The van der Waals surface area contributed by atoms with E-state index in [1.54, 1.807) is 30.3 Å². The van der Waals surface area contributed by atoms with Gasteiger partial charge in [-0.1, -0.05) is 0 Å². The number of benzene rings is 1. The summed E-state index contributed by atoms with van der Waals surface area (Å²) in [6.07, 6.45) is 4.75. The smallest absolute Gasteiger partial charge is 0.268 e. The van der Waals surface area contributed by atoms with Gasteiger partial charge >= 0.3 is 0 Å². The molecule has 8 nitrogen and oxygen atoms in total. The van der Waals surface area contributed by atoms with Crippen molar-refractivity contribution < 1.29 is 23.5 Å². The molecular formula is C22H27N3O5. The Morgan fingerprint density at radius 3 is 2.50 bits per heavy atom. The van der Waals surface area contributed by atoms with Gasteiger partial charge in [-0.3, -0.25) is 9.59 Å². The topological polar surface area (TPSA) is 93.0 Å². The highest BCUT2D eigenvalue weighted by molar-refractivity contribution is 6.05. The van der Waals surface area contributed by atoms with Gasteiger partial charge in [0.25, 0.3) is 11.8 Å². The molecule has 1 aliphatic rings. The van der Waals surface area contributed by atoms with Gasteiger partial charge in [0.1, 0.15) is 11.5 Å². The van der Waals surface area contributed by atoms with E-state index in [1.165, 1.54) is 26.6 Å². The fourth-order valence-electron chi connectivity index (χ4n) is 3.26. The third-order valence-corrected chi connectivity index (χ3v) is 5.02. The normalized spacial score (nSPS) is 15.5. The number of carbonyl (C=O) groups excluding carboxylic acids is 2. The van der Waals surface area contributed by atoms with Crippen LogP contribution in [0.1, 0.15) is 29.0 Å². The maximum absolute atomic E-state index is 12.9. The predicted molar refractivity (Wildman–Crippen MR) is 112 cm³/mol. The molecule has 30 heavy (non-hydrogen) atoms. The van der Waals surface area contributed by atoms with Crippen LogP contribution in [0.3, 0.4) is 0 Å². The summed E-state index contributed by atoms with van der Waals surface area (Å²) in [6, 6.07) is 8.30. The molecule has 2 amide bonds. The summed E-state index contributed by atoms with van der Waals surface area (Å²) in [7, 11) is 5.08. The van der Waals surface area contributed by atoms with Gasteiger partial charge in [0.2, 0.25) is 0 Å². The molecule has 1 aliphatic heterocycles. The van der Waals surface area contributed by atoms with Crippen molar-refractivity contribution in [2.45, 2.75) is 18.9 Å². The van der Waals surface area contributed by atoms with Gasteiger partial charge in [0.05, 0.1) is 20.5 Å². The lowest BCUT2D eigenvalue weighted by Crippen LogP contribution is -2.45. The van der Waals surface area contributed by atoms with Crippen LogP contribution in [0.15, 0.2) is 46.7 Å². The number of amides is 2. The molecule has 0 spiro atoms. The Labute approximate surface area is 175 Å². The summed E-state index contributed by atoms with van der Waals surface area (Å²) in [5.41, 5.74) is 0.453. The predicted octanol–water partition coefficient (Wildman–Crippen LogP) is 2.28. The van der Waals surface area contributed by atoms with Gasteiger partial charge in [0, 0.05) is 17.7 Å².